The van der Waals surface area contributed by atoms with E-state index in [0.717, 1.165) is 52.0 Å². The SMILES string of the molecule is COC(=O)[C@H]1C[C@H]2CCc3ccccc3C23C1=Cc1ccc(-c2ccc(OC)cc2)cc1C3(C#N)C#N. The van der Waals surface area contributed by atoms with Gasteiger partial charge < -0.3 is 9.47 Å². The van der Waals surface area contributed by atoms with Crippen LogP contribution in [-0.4, -0.2) is 20.2 Å². The molecule has 6 rings (SSSR count). The standard InChI is InChI=1S/C32H26N2O3/c1-36-25-13-10-20(11-14-25)22-7-8-23-16-29-26(30(35)37-2)17-24-12-9-21-5-3-4-6-27(21)32(24,29)31(18-33,19-34)28(23)15-22/h3-8,10-11,13-16,24,26H,9,12,17H2,1-2H3/t24-,26+,32?/m1/s1. The fourth-order valence-corrected chi connectivity index (χ4v) is 7.24. The zero-order chi connectivity index (χ0) is 25.8. The van der Waals surface area contributed by atoms with Crippen LogP contribution in [0.3, 0.4) is 0 Å². The number of aryl methyl sites for hydroxylation is 1. The predicted molar refractivity (Wildman–Crippen MR) is 139 cm³/mol. The Balaban J connectivity index is 1.67. The summed E-state index contributed by atoms with van der Waals surface area (Å²) in [5.41, 5.74) is 3.94. The van der Waals surface area contributed by atoms with Crippen molar-refractivity contribution in [1.29, 1.82) is 10.5 Å². The second-order valence-corrected chi connectivity index (χ2v) is 10.1. The minimum absolute atomic E-state index is 0.0326. The van der Waals surface area contributed by atoms with Crippen LogP contribution in [0.1, 0.15) is 35.1 Å². The summed E-state index contributed by atoms with van der Waals surface area (Å²) >= 11 is 0. The first-order valence-electron chi connectivity index (χ1n) is 12.5. The number of methoxy groups -OCH3 is 2. The van der Waals surface area contributed by atoms with Gasteiger partial charge in [-0.2, -0.15) is 10.5 Å². The molecule has 0 amide bonds. The number of fused-ring (bicyclic) bond motifs is 2. The van der Waals surface area contributed by atoms with Gasteiger partial charge in [-0.1, -0.05) is 54.6 Å². The quantitative estimate of drug-likeness (QED) is 0.441. The first kappa shape index (κ1) is 23.1. The number of esters is 1. The zero-order valence-electron chi connectivity index (χ0n) is 20.8. The van der Waals surface area contributed by atoms with Crippen molar-refractivity contribution in [2.24, 2.45) is 11.8 Å². The Morgan fingerprint density at radius 2 is 1.68 bits per heavy atom. The van der Waals surface area contributed by atoms with E-state index < -0.39 is 16.7 Å². The first-order valence-corrected chi connectivity index (χ1v) is 12.5. The molecule has 182 valence electrons. The van der Waals surface area contributed by atoms with Crippen LogP contribution in [0, 0.1) is 34.5 Å². The van der Waals surface area contributed by atoms with Crippen molar-refractivity contribution in [2.75, 3.05) is 14.2 Å². The summed E-state index contributed by atoms with van der Waals surface area (Å²) in [6.07, 6.45) is 4.29. The van der Waals surface area contributed by atoms with Crippen molar-refractivity contribution in [2.45, 2.75) is 30.1 Å². The molecule has 1 saturated carbocycles. The highest BCUT2D eigenvalue weighted by atomic mass is 16.5. The van der Waals surface area contributed by atoms with Gasteiger partial charge in [0, 0.05) is 0 Å². The molecule has 3 aromatic carbocycles. The lowest BCUT2D eigenvalue weighted by molar-refractivity contribution is -0.144. The number of benzene rings is 3. The van der Waals surface area contributed by atoms with E-state index in [2.05, 4.69) is 30.3 Å². The summed E-state index contributed by atoms with van der Waals surface area (Å²) in [5, 5.41) is 21.9. The number of hydrogen-bond donors (Lipinski definition) is 0. The molecule has 3 atom stereocenters. The number of carbonyl (C=O) groups is 1. The molecule has 1 unspecified atom stereocenters. The highest BCUT2D eigenvalue weighted by molar-refractivity contribution is 5.86. The van der Waals surface area contributed by atoms with Crippen LogP contribution >= 0.6 is 0 Å². The third kappa shape index (κ3) is 2.92. The molecule has 0 aromatic heterocycles. The highest BCUT2D eigenvalue weighted by Gasteiger charge is 2.69. The minimum Gasteiger partial charge on any atom is -0.497 e. The number of hydrogen-bond acceptors (Lipinski definition) is 5. The van der Waals surface area contributed by atoms with Gasteiger partial charge in [0.05, 0.1) is 37.7 Å². The minimum atomic E-state index is -1.50. The molecule has 0 heterocycles. The number of carbonyl (C=O) groups excluding carboxylic acids is 1. The maximum Gasteiger partial charge on any atom is 0.312 e. The summed E-state index contributed by atoms with van der Waals surface area (Å²) in [5.74, 6) is -0.0647. The molecule has 3 aliphatic rings. The Kier molecular flexibility index (Phi) is 5.21. The van der Waals surface area contributed by atoms with Crippen LogP contribution in [0.2, 0.25) is 0 Å². The highest BCUT2D eigenvalue weighted by Crippen LogP contribution is 2.67. The molecule has 1 spiro atoms. The largest absolute Gasteiger partial charge is 0.497 e. The normalized spacial score (nSPS) is 24.2. The Morgan fingerprint density at radius 3 is 2.38 bits per heavy atom. The van der Waals surface area contributed by atoms with E-state index in [1.54, 1.807) is 7.11 Å². The second kappa shape index (κ2) is 8.36. The molecule has 3 aromatic rings. The monoisotopic (exact) mass is 486 g/mol. The number of nitriles is 2. The van der Waals surface area contributed by atoms with Gasteiger partial charge in [0.1, 0.15) is 5.75 Å². The topological polar surface area (TPSA) is 83.1 Å². The van der Waals surface area contributed by atoms with E-state index in [-0.39, 0.29) is 11.9 Å². The Hall–Kier alpha value is -4.35. The molecule has 3 aliphatic carbocycles. The van der Waals surface area contributed by atoms with Gasteiger partial charge in [0.25, 0.3) is 0 Å². The smallest absolute Gasteiger partial charge is 0.312 e. The van der Waals surface area contributed by atoms with E-state index >= 15 is 0 Å². The van der Waals surface area contributed by atoms with E-state index in [1.807, 2.05) is 54.6 Å². The Morgan fingerprint density at radius 1 is 0.946 bits per heavy atom. The second-order valence-electron chi connectivity index (χ2n) is 10.1. The number of rotatable bonds is 3. The first-order chi connectivity index (χ1) is 18.0. The van der Waals surface area contributed by atoms with Crippen molar-refractivity contribution in [3.8, 4) is 29.0 Å². The van der Waals surface area contributed by atoms with Gasteiger partial charge in [-0.25, -0.2) is 0 Å². The van der Waals surface area contributed by atoms with E-state index in [0.29, 0.717) is 12.0 Å². The van der Waals surface area contributed by atoms with Crippen LogP contribution in [-0.2, 0) is 26.8 Å². The lowest BCUT2D eigenvalue weighted by Crippen LogP contribution is -2.55. The van der Waals surface area contributed by atoms with E-state index in [1.165, 1.54) is 7.11 Å². The van der Waals surface area contributed by atoms with Gasteiger partial charge in [-0.15, -0.1) is 0 Å². The molecule has 0 saturated heterocycles. The van der Waals surface area contributed by atoms with Gasteiger partial charge in [0.15, 0.2) is 5.41 Å². The average molecular weight is 487 g/mol. The molecule has 0 radical (unpaired) electrons. The fraction of sp³-hybridized carbons (Fsp3) is 0.281. The summed E-state index contributed by atoms with van der Waals surface area (Å²) < 4.78 is 10.5. The summed E-state index contributed by atoms with van der Waals surface area (Å²) in [7, 11) is 3.04. The van der Waals surface area contributed by atoms with E-state index in [9.17, 15) is 15.3 Å². The van der Waals surface area contributed by atoms with Crippen molar-refractivity contribution >= 4 is 12.0 Å². The van der Waals surface area contributed by atoms with Crippen LogP contribution in [0.15, 0.2) is 72.3 Å². The molecule has 0 bridgehead atoms. The predicted octanol–water partition coefficient (Wildman–Crippen LogP) is 5.74. The van der Waals surface area contributed by atoms with Crippen molar-refractivity contribution in [1.82, 2.24) is 0 Å². The molecule has 0 N–H and O–H groups in total. The number of ether oxygens (including phenoxy) is 2. The van der Waals surface area contributed by atoms with Crippen molar-refractivity contribution < 1.29 is 14.3 Å². The van der Waals surface area contributed by atoms with Crippen LogP contribution in [0.25, 0.3) is 17.2 Å². The lowest BCUT2D eigenvalue weighted by Gasteiger charge is -2.51. The van der Waals surface area contributed by atoms with Gasteiger partial charge in [0.2, 0.25) is 0 Å². The number of nitrogens with zero attached hydrogens (tertiary/aromatic N) is 2. The van der Waals surface area contributed by atoms with E-state index in [4.69, 9.17) is 9.47 Å². The molecular formula is C32H26N2O3. The lowest BCUT2D eigenvalue weighted by atomic mass is 9.47. The van der Waals surface area contributed by atoms with Crippen LogP contribution in [0.4, 0.5) is 0 Å². The maximum atomic E-state index is 13.1. The molecule has 5 nitrogen and oxygen atoms in total. The fourth-order valence-electron chi connectivity index (χ4n) is 7.24. The van der Waals surface area contributed by atoms with Gasteiger partial charge >= 0.3 is 5.97 Å². The zero-order valence-corrected chi connectivity index (χ0v) is 20.8. The Bertz CT molecular complexity index is 1530. The van der Waals surface area contributed by atoms with Gasteiger partial charge in [-0.05, 0) is 82.3 Å². The molecule has 1 fully saturated rings. The Labute approximate surface area is 216 Å². The van der Waals surface area contributed by atoms with Crippen LogP contribution < -0.4 is 4.74 Å². The molecule has 37 heavy (non-hydrogen) atoms. The van der Waals surface area contributed by atoms with Crippen molar-refractivity contribution in [3.05, 3.63) is 94.6 Å². The maximum absolute atomic E-state index is 13.1. The van der Waals surface area contributed by atoms with Crippen LogP contribution in [0.5, 0.6) is 5.75 Å². The van der Waals surface area contributed by atoms with Gasteiger partial charge in [-0.3, -0.25) is 4.79 Å². The summed E-state index contributed by atoms with van der Waals surface area (Å²) in [6.45, 7) is 0. The average Bonchev–Trinajstić information content (AvgIpc) is 3.31. The molecule has 5 heteroatoms. The summed E-state index contributed by atoms with van der Waals surface area (Å²) in [6, 6.07) is 26.9. The third-order valence-electron chi connectivity index (χ3n) is 8.77. The summed E-state index contributed by atoms with van der Waals surface area (Å²) in [4.78, 5) is 13.1. The third-order valence-corrected chi connectivity index (χ3v) is 8.77. The molecule has 0 aliphatic heterocycles. The molecular weight excluding hydrogens is 460 g/mol. The van der Waals surface area contributed by atoms with Crippen molar-refractivity contribution in [3.63, 3.8) is 0 Å².